The van der Waals surface area contributed by atoms with Crippen molar-refractivity contribution >= 4 is 23.3 Å². The van der Waals surface area contributed by atoms with Gasteiger partial charge in [-0.1, -0.05) is 18.2 Å². The zero-order chi connectivity index (χ0) is 16.4. The summed E-state index contributed by atoms with van der Waals surface area (Å²) in [6.07, 6.45) is 2.84. The third kappa shape index (κ3) is 1.75. The summed E-state index contributed by atoms with van der Waals surface area (Å²) in [6, 6.07) is 5.73. The van der Waals surface area contributed by atoms with Gasteiger partial charge in [0.2, 0.25) is 5.91 Å². The molecule has 2 fully saturated rings. The van der Waals surface area contributed by atoms with E-state index < -0.39 is 34.4 Å². The first-order valence-corrected chi connectivity index (χ1v) is 7.09. The fraction of sp³-hybridized carbons (Fsp3) is 0.333. The van der Waals surface area contributed by atoms with Crippen molar-refractivity contribution in [2.24, 2.45) is 11.8 Å². The van der Waals surface area contributed by atoms with Crippen LogP contribution in [0.1, 0.15) is 0 Å². The molecule has 1 amide bonds. The molecule has 8 nitrogen and oxygen atoms in total. The van der Waals surface area contributed by atoms with Crippen molar-refractivity contribution in [1.82, 2.24) is 0 Å². The number of carboxylic acids is 1. The molecule has 1 aromatic carbocycles. The highest BCUT2D eigenvalue weighted by atomic mass is 16.6. The first kappa shape index (κ1) is 13.9. The lowest BCUT2D eigenvalue weighted by atomic mass is 9.77. The Morgan fingerprint density at radius 3 is 2.96 bits per heavy atom. The predicted molar refractivity (Wildman–Crippen MR) is 76.8 cm³/mol. The number of fused-ring (bicyclic) bond motifs is 1. The number of nitrogens with zero attached hydrogens (tertiary/aromatic N) is 2. The minimum absolute atomic E-state index is 0.125. The summed E-state index contributed by atoms with van der Waals surface area (Å²) in [6.45, 7) is 0.161. The molecule has 1 N–H and O–H groups in total. The van der Waals surface area contributed by atoms with E-state index in [0.717, 1.165) is 0 Å². The second kappa shape index (κ2) is 4.39. The molecular formula is C15H12N2O6. The average molecular weight is 316 g/mol. The van der Waals surface area contributed by atoms with Crippen LogP contribution in [0, 0.1) is 22.0 Å². The highest BCUT2D eigenvalue weighted by molar-refractivity contribution is 6.02. The number of aliphatic carboxylic acids is 1. The van der Waals surface area contributed by atoms with Gasteiger partial charge in [0, 0.05) is 12.1 Å². The van der Waals surface area contributed by atoms with Gasteiger partial charge in [0.05, 0.1) is 29.2 Å². The van der Waals surface area contributed by atoms with E-state index >= 15 is 0 Å². The second-order valence-electron chi connectivity index (χ2n) is 5.94. The molecule has 0 aromatic heterocycles. The number of rotatable bonds is 3. The van der Waals surface area contributed by atoms with E-state index in [2.05, 4.69) is 0 Å². The molecule has 0 radical (unpaired) electrons. The molecule has 3 aliphatic rings. The number of carboxylic acid groups (broad SMARTS) is 1. The van der Waals surface area contributed by atoms with Crippen LogP contribution < -0.4 is 4.90 Å². The molecule has 2 bridgehead atoms. The van der Waals surface area contributed by atoms with Crippen LogP contribution >= 0.6 is 0 Å². The summed E-state index contributed by atoms with van der Waals surface area (Å²) in [5, 5.41) is 20.3. The Hall–Kier alpha value is -2.74. The standard InChI is InChI=1S/C15H12N2O6/c18-13-12-11(14(19)20)10-4-5-15(12,23-10)7-16(13)8-2-1-3-9(6-8)17(21)22/h1-6,10-12H,7H2,(H,19,20)/t10-,11?,12+,15-/m1/s1. The van der Waals surface area contributed by atoms with Crippen molar-refractivity contribution in [2.45, 2.75) is 11.7 Å². The van der Waals surface area contributed by atoms with Gasteiger partial charge >= 0.3 is 5.97 Å². The fourth-order valence-corrected chi connectivity index (χ4v) is 3.77. The van der Waals surface area contributed by atoms with Crippen molar-refractivity contribution in [2.75, 3.05) is 11.4 Å². The number of carbonyl (C=O) groups excluding carboxylic acids is 1. The molecule has 1 unspecified atom stereocenters. The lowest BCUT2D eigenvalue weighted by Crippen LogP contribution is -2.39. The first-order chi connectivity index (χ1) is 10.9. The Labute approximate surface area is 130 Å². The fourth-order valence-electron chi connectivity index (χ4n) is 3.77. The van der Waals surface area contributed by atoms with Gasteiger partial charge < -0.3 is 14.7 Å². The van der Waals surface area contributed by atoms with Gasteiger partial charge in [-0.2, -0.15) is 0 Å². The highest BCUT2D eigenvalue weighted by Crippen LogP contribution is 2.52. The van der Waals surface area contributed by atoms with Crippen LogP contribution in [-0.4, -0.2) is 40.2 Å². The molecular weight excluding hydrogens is 304 g/mol. The predicted octanol–water partition coefficient (Wildman–Crippen LogP) is 0.966. The maximum Gasteiger partial charge on any atom is 0.310 e. The molecule has 3 aliphatic heterocycles. The molecule has 3 heterocycles. The molecule has 8 heteroatoms. The van der Waals surface area contributed by atoms with E-state index in [1.165, 1.54) is 23.1 Å². The Kier molecular flexibility index (Phi) is 2.65. The minimum Gasteiger partial charge on any atom is -0.481 e. The molecule has 0 aliphatic carbocycles. The quantitative estimate of drug-likeness (QED) is 0.505. The van der Waals surface area contributed by atoms with Crippen LogP contribution in [0.5, 0.6) is 0 Å². The lowest BCUT2D eigenvalue weighted by Gasteiger charge is -2.21. The summed E-state index contributed by atoms with van der Waals surface area (Å²) < 4.78 is 5.77. The topological polar surface area (TPSA) is 110 Å². The number of benzene rings is 1. The third-order valence-electron chi connectivity index (χ3n) is 4.74. The summed E-state index contributed by atoms with van der Waals surface area (Å²) in [5.41, 5.74) is -0.701. The van der Waals surface area contributed by atoms with Crippen molar-refractivity contribution in [1.29, 1.82) is 0 Å². The average Bonchev–Trinajstić information content (AvgIpc) is 3.15. The number of hydrogen-bond donors (Lipinski definition) is 1. The number of anilines is 1. The van der Waals surface area contributed by atoms with E-state index in [9.17, 15) is 24.8 Å². The number of non-ortho nitro benzene ring substituents is 1. The zero-order valence-corrected chi connectivity index (χ0v) is 11.8. The Morgan fingerprint density at radius 1 is 1.48 bits per heavy atom. The van der Waals surface area contributed by atoms with E-state index in [0.29, 0.717) is 5.69 Å². The molecule has 2 saturated heterocycles. The lowest BCUT2D eigenvalue weighted by molar-refractivity contribution is -0.384. The van der Waals surface area contributed by atoms with Crippen LogP contribution in [0.3, 0.4) is 0 Å². The van der Waals surface area contributed by atoms with E-state index in [-0.39, 0.29) is 18.1 Å². The van der Waals surface area contributed by atoms with Crippen LogP contribution in [-0.2, 0) is 14.3 Å². The molecule has 23 heavy (non-hydrogen) atoms. The number of hydrogen-bond acceptors (Lipinski definition) is 5. The molecule has 118 valence electrons. The summed E-state index contributed by atoms with van der Waals surface area (Å²) in [4.78, 5) is 36.0. The van der Waals surface area contributed by atoms with Gasteiger partial charge in [-0.05, 0) is 6.07 Å². The smallest absolute Gasteiger partial charge is 0.310 e. The van der Waals surface area contributed by atoms with Crippen molar-refractivity contribution in [3.63, 3.8) is 0 Å². The van der Waals surface area contributed by atoms with Gasteiger partial charge in [0.1, 0.15) is 11.5 Å². The van der Waals surface area contributed by atoms with Gasteiger partial charge in [0.25, 0.3) is 5.69 Å². The van der Waals surface area contributed by atoms with Gasteiger partial charge in [-0.3, -0.25) is 19.7 Å². The summed E-state index contributed by atoms with van der Waals surface area (Å²) in [5.74, 6) is -3.16. The highest BCUT2D eigenvalue weighted by Gasteiger charge is 2.67. The van der Waals surface area contributed by atoms with Crippen LogP contribution in [0.25, 0.3) is 0 Å². The SMILES string of the molecule is O=C(O)C1[C@H]2C(=O)N(c3cccc([N+](=O)[O-])c3)C[C@]23C=C[C@H]1O3. The maximum atomic E-state index is 12.7. The van der Waals surface area contributed by atoms with E-state index in [1.807, 2.05) is 0 Å². The normalized spacial score (nSPS) is 34.0. The maximum absolute atomic E-state index is 12.7. The zero-order valence-electron chi connectivity index (χ0n) is 11.8. The van der Waals surface area contributed by atoms with Crippen LogP contribution in [0.2, 0.25) is 0 Å². The number of nitro groups is 1. The number of carbonyl (C=O) groups is 2. The molecule has 4 rings (SSSR count). The van der Waals surface area contributed by atoms with Crippen molar-refractivity contribution in [3.05, 3.63) is 46.5 Å². The minimum atomic E-state index is -1.07. The van der Waals surface area contributed by atoms with Gasteiger partial charge in [-0.25, -0.2) is 0 Å². The van der Waals surface area contributed by atoms with Crippen molar-refractivity contribution < 1.29 is 24.4 Å². The van der Waals surface area contributed by atoms with Crippen molar-refractivity contribution in [3.8, 4) is 0 Å². The monoisotopic (exact) mass is 316 g/mol. The third-order valence-corrected chi connectivity index (χ3v) is 4.74. The van der Waals surface area contributed by atoms with Crippen LogP contribution in [0.4, 0.5) is 11.4 Å². The molecule has 1 aromatic rings. The largest absolute Gasteiger partial charge is 0.481 e. The number of ether oxygens (including phenoxy) is 1. The van der Waals surface area contributed by atoms with Gasteiger partial charge in [0.15, 0.2) is 0 Å². The molecule has 4 atom stereocenters. The van der Waals surface area contributed by atoms with Crippen LogP contribution in [0.15, 0.2) is 36.4 Å². The summed E-state index contributed by atoms with van der Waals surface area (Å²) in [7, 11) is 0. The molecule has 0 saturated carbocycles. The summed E-state index contributed by atoms with van der Waals surface area (Å²) >= 11 is 0. The molecule has 1 spiro atoms. The second-order valence-corrected chi connectivity index (χ2v) is 5.94. The Balaban J connectivity index is 1.73. The number of amides is 1. The van der Waals surface area contributed by atoms with E-state index in [1.54, 1.807) is 18.2 Å². The Bertz CT molecular complexity index is 775. The first-order valence-electron chi connectivity index (χ1n) is 7.09. The van der Waals surface area contributed by atoms with Gasteiger partial charge in [-0.15, -0.1) is 0 Å². The Morgan fingerprint density at radius 2 is 2.26 bits per heavy atom. The van der Waals surface area contributed by atoms with E-state index in [4.69, 9.17) is 4.74 Å². The number of nitro benzene ring substituents is 1.